The molecule has 0 aromatic carbocycles. The molecule has 5 nitrogen and oxygen atoms in total. The Morgan fingerprint density at radius 3 is 1.80 bits per heavy atom. The zero-order chi connectivity index (χ0) is 7.72. The summed E-state index contributed by atoms with van der Waals surface area (Å²) >= 11 is 1.95. The molecule has 54 valence electrons. The molecule has 0 fully saturated rings. The third kappa shape index (κ3) is 1.20. The highest BCUT2D eigenvalue weighted by atomic mass is 127. The first-order valence-electron chi connectivity index (χ1n) is 2.45. The summed E-state index contributed by atoms with van der Waals surface area (Å²) in [5, 5.41) is 0. The molecule has 0 aliphatic carbocycles. The van der Waals surface area contributed by atoms with Crippen LogP contribution in [-0.4, -0.2) is 9.97 Å². The molecule has 6 heteroatoms. The van der Waals surface area contributed by atoms with E-state index in [0.717, 1.165) is 0 Å². The fraction of sp³-hybridized carbons (Fsp3) is 0. The van der Waals surface area contributed by atoms with Crippen molar-refractivity contribution in [3.8, 4) is 0 Å². The summed E-state index contributed by atoms with van der Waals surface area (Å²) in [5.74, 6) is 0.756. The Labute approximate surface area is 71.2 Å². The number of aromatic nitrogens is 2. The number of rotatable bonds is 0. The molecule has 0 saturated heterocycles. The van der Waals surface area contributed by atoms with Gasteiger partial charge in [-0.1, -0.05) is 0 Å². The molecule has 0 unspecified atom stereocenters. The Morgan fingerprint density at radius 1 is 1.00 bits per heavy atom. The maximum atomic E-state index is 5.40. The van der Waals surface area contributed by atoms with Gasteiger partial charge < -0.3 is 17.2 Å². The molecule has 0 bridgehead atoms. The van der Waals surface area contributed by atoms with Crippen LogP contribution in [0.25, 0.3) is 0 Å². The lowest BCUT2D eigenvalue weighted by molar-refractivity contribution is 1.19. The highest BCUT2D eigenvalue weighted by Gasteiger charge is 2.03. The number of nitrogens with two attached hydrogens (primary N) is 3. The van der Waals surface area contributed by atoms with Gasteiger partial charge in [-0.05, 0) is 22.6 Å². The van der Waals surface area contributed by atoms with Gasteiger partial charge in [0.1, 0.15) is 11.6 Å². The lowest BCUT2D eigenvalue weighted by Crippen LogP contribution is -2.05. The van der Waals surface area contributed by atoms with Gasteiger partial charge in [-0.2, -0.15) is 9.97 Å². The third-order valence-electron chi connectivity index (χ3n) is 0.920. The van der Waals surface area contributed by atoms with Crippen LogP contribution in [-0.2, 0) is 0 Å². The van der Waals surface area contributed by atoms with E-state index in [9.17, 15) is 0 Å². The van der Waals surface area contributed by atoms with Crippen molar-refractivity contribution in [3.05, 3.63) is 3.57 Å². The molecule has 6 N–H and O–H groups in total. The van der Waals surface area contributed by atoms with Gasteiger partial charge in [0, 0.05) is 0 Å². The molecule has 0 saturated carbocycles. The first-order valence-corrected chi connectivity index (χ1v) is 3.53. The van der Waals surface area contributed by atoms with E-state index in [4.69, 9.17) is 17.2 Å². The second-order valence-electron chi connectivity index (χ2n) is 1.67. The van der Waals surface area contributed by atoms with Crippen LogP contribution in [0.1, 0.15) is 0 Å². The lowest BCUT2D eigenvalue weighted by atomic mass is 10.5. The maximum absolute atomic E-state index is 5.40. The summed E-state index contributed by atoms with van der Waals surface area (Å²) < 4.78 is 0.645. The van der Waals surface area contributed by atoms with Crippen LogP contribution < -0.4 is 17.2 Å². The highest BCUT2D eigenvalue weighted by molar-refractivity contribution is 14.1. The minimum atomic E-state index is 0.107. The van der Waals surface area contributed by atoms with Crippen molar-refractivity contribution in [3.63, 3.8) is 0 Å². The molecule has 1 aromatic heterocycles. The number of anilines is 3. The molecular formula is C4H6IN5. The standard InChI is InChI=1S/C4H6IN5/c5-1-2(6)9-4(8)10-3(1)7/h(H6,6,7,8,9,10). The van der Waals surface area contributed by atoms with Crippen LogP contribution in [0.4, 0.5) is 17.6 Å². The Hall–Kier alpha value is -0.790. The number of nitrogens with zero attached hydrogens (tertiary/aromatic N) is 2. The summed E-state index contributed by atoms with van der Waals surface area (Å²) in [5.41, 5.74) is 16.0. The third-order valence-corrected chi connectivity index (χ3v) is 2.03. The number of hydrogen-bond acceptors (Lipinski definition) is 5. The topological polar surface area (TPSA) is 104 Å². The summed E-state index contributed by atoms with van der Waals surface area (Å²) in [6, 6.07) is 0. The van der Waals surface area contributed by atoms with E-state index in [-0.39, 0.29) is 5.95 Å². The monoisotopic (exact) mass is 251 g/mol. The van der Waals surface area contributed by atoms with Crippen molar-refractivity contribution in [2.45, 2.75) is 0 Å². The maximum Gasteiger partial charge on any atom is 0.223 e. The molecule has 10 heavy (non-hydrogen) atoms. The molecule has 0 spiro atoms. The van der Waals surface area contributed by atoms with Crippen molar-refractivity contribution in [2.75, 3.05) is 17.2 Å². The Balaban J connectivity index is 3.31. The number of nitrogen functional groups attached to an aromatic ring is 3. The molecule has 0 aliphatic heterocycles. The van der Waals surface area contributed by atoms with Crippen molar-refractivity contribution in [1.29, 1.82) is 0 Å². The predicted molar refractivity (Wildman–Crippen MR) is 48.0 cm³/mol. The van der Waals surface area contributed by atoms with Crippen molar-refractivity contribution >= 4 is 40.2 Å². The predicted octanol–water partition coefficient (Wildman–Crippen LogP) is -0.172. The zero-order valence-corrected chi connectivity index (χ0v) is 7.16. The van der Waals surface area contributed by atoms with Crippen LogP contribution in [0.5, 0.6) is 0 Å². The SMILES string of the molecule is Nc1nc(N)c(I)c(N)n1. The summed E-state index contributed by atoms with van der Waals surface area (Å²) in [6.07, 6.45) is 0. The largest absolute Gasteiger partial charge is 0.383 e. The summed E-state index contributed by atoms with van der Waals surface area (Å²) in [4.78, 5) is 7.38. The molecule has 1 heterocycles. The van der Waals surface area contributed by atoms with Crippen molar-refractivity contribution in [1.82, 2.24) is 9.97 Å². The Kier molecular flexibility index (Phi) is 1.79. The van der Waals surface area contributed by atoms with Gasteiger partial charge in [0.25, 0.3) is 0 Å². The van der Waals surface area contributed by atoms with Crippen LogP contribution in [0.3, 0.4) is 0 Å². The van der Waals surface area contributed by atoms with E-state index in [1.807, 2.05) is 22.6 Å². The molecule has 1 aromatic rings. The van der Waals surface area contributed by atoms with Crippen molar-refractivity contribution < 1.29 is 0 Å². The zero-order valence-electron chi connectivity index (χ0n) is 5.00. The molecule has 0 atom stereocenters. The molecular weight excluding hydrogens is 245 g/mol. The van der Waals surface area contributed by atoms with Crippen molar-refractivity contribution in [2.24, 2.45) is 0 Å². The van der Waals surface area contributed by atoms with Crippen LogP contribution in [0.15, 0.2) is 0 Å². The van der Waals surface area contributed by atoms with Gasteiger partial charge >= 0.3 is 0 Å². The smallest absolute Gasteiger partial charge is 0.223 e. The number of halogens is 1. The van der Waals surface area contributed by atoms with Gasteiger partial charge in [-0.25, -0.2) is 0 Å². The Bertz CT molecular complexity index is 237. The normalized spacial score (nSPS) is 9.70. The van der Waals surface area contributed by atoms with E-state index in [2.05, 4.69) is 9.97 Å². The minimum absolute atomic E-state index is 0.107. The number of hydrogen-bond donors (Lipinski definition) is 3. The van der Waals surface area contributed by atoms with Gasteiger partial charge in [0.05, 0.1) is 3.57 Å². The van der Waals surface area contributed by atoms with E-state index >= 15 is 0 Å². The van der Waals surface area contributed by atoms with Gasteiger partial charge in [-0.15, -0.1) is 0 Å². The minimum Gasteiger partial charge on any atom is -0.383 e. The second kappa shape index (κ2) is 2.45. The average molecular weight is 251 g/mol. The molecule has 0 amide bonds. The molecule has 0 aliphatic rings. The van der Waals surface area contributed by atoms with E-state index < -0.39 is 0 Å². The van der Waals surface area contributed by atoms with Gasteiger partial charge in [-0.3, -0.25) is 0 Å². The average Bonchev–Trinajstić information content (AvgIpc) is 1.82. The van der Waals surface area contributed by atoms with Gasteiger partial charge in [0.2, 0.25) is 5.95 Å². The molecule has 1 rings (SSSR count). The van der Waals surface area contributed by atoms with E-state index in [0.29, 0.717) is 15.2 Å². The summed E-state index contributed by atoms with van der Waals surface area (Å²) in [6.45, 7) is 0. The van der Waals surface area contributed by atoms with Crippen LogP contribution >= 0.6 is 22.6 Å². The Morgan fingerprint density at radius 2 is 1.40 bits per heavy atom. The highest BCUT2D eigenvalue weighted by Crippen LogP contribution is 2.17. The fourth-order valence-corrected chi connectivity index (χ4v) is 0.742. The van der Waals surface area contributed by atoms with Crippen LogP contribution in [0, 0.1) is 3.57 Å². The first kappa shape index (κ1) is 7.32. The quantitative estimate of drug-likeness (QED) is 0.555. The first-order chi connectivity index (χ1) is 4.61. The van der Waals surface area contributed by atoms with Gasteiger partial charge in [0.15, 0.2) is 0 Å². The summed E-state index contributed by atoms with van der Waals surface area (Å²) in [7, 11) is 0. The fourth-order valence-electron chi connectivity index (χ4n) is 0.501. The molecule has 0 radical (unpaired) electrons. The second-order valence-corrected chi connectivity index (χ2v) is 2.75. The lowest BCUT2D eigenvalue weighted by Gasteiger charge is -2.00. The van der Waals surface area contributed by atoms with E-state index in [1.54, 1.807) is 0 Å². The van der Waals surface area contributed by atoms with E-state index in [1.165, 1.54) is 0 Å². The van der Waals surface area contributed by atoms with Crippen LogP contribution in [0.2, 0.25) is 0 Å².